The van der Waals surface area contributed by atoms with Gasteiger partial charge >= 0.3 is 11.9 Å². The molecule has 0 saturated heterocycles. The van der Waals surface area contributed by atoms with Crippen LogP contribution in [0.4, 0.5) is 8.78 Å². The summed E-state index contributed by atoms with van der Waals surface area (Å²) in [6.45, 7) is 13.1. The number of allylic oxidation sites excluding steroid dienone is 8. The molecule has 53 heavy (non-hydrogen) atoms. The molecule has 0 unspecified atom stereocenters. The minimum atomic E-state index is -1.89. The fraction of sp³-hybridized carbons (Fsp3) is 0.721. The summed E-state index contributed by atoms with van der Waals surface area (Å²) in [6.07, 6.45) is 10.6. The van der Waals surface area contributed by atoms with E-state index >= 15 is 8.78 Å². The SMILES string of the molecule is C[C@H]1C[C@H]2[C@@H]3CCC4=CC(=O)C=C[C@]4(C)[C@@]3(F)[C@@H](O)C[C@]2(C)[C@@H]1C(=O)O.C[C@H]1C[C@H]2[C@@H]3CCC4=CC(=O)C=C[C@]4(C)[C@@]3(F)[C@@H](O)C[C@]2(C)[C@@]1(C)C(=O)O. The van der Waals surface area contributed by atoms with Crippen LogP contribution in [0.3, 0.4) is 0 Å². The van der Waals surface area contributed by atoms with Crippen LogP contribution in [0.1, 0.15) is 99.8 Å². The number of carbonyl (C=O) groups excluding carboxylic acids is 2. The number of hydrogen-bond donors (Lipinski definition) is 4. The van der Waals surface area contributed by atoms with Gasteiger partial charge in [-0.3, -0.25) is 19.2 Å². The Kier molecular flexibility index (Phi) is 8.50. The molecular formula is C43H56F2O8. The van der Waals surface area contributed by atoms with Crippen LogP contribution in [-0.4, -0.2) is 67.5 Å². The van der Waals surface area contributed by atoms with Gasteiger partial charge in [-0.1, -0.05) is 51.0 Å². The molecule has 0 spiro atoms. The molecule has 6 fully saturated rings. The number of halogens is 2. The van der Waals surface area contributed by atoms with Crippen LogP contribution >= 0.6 is 0 Å². The monoisotopic (exact) mass is 738 g/mol. The third kappa shape index (κ3) is 4.57. The molecule has 4 N–H and O–H groups in total. The highest BCUT2D eigenvalue weighted by atomic mass is 19.1. The summed E-state index contributed by atoms with van der Waals surface area (Å²) in [5, 5.41) is 41.9. The van der Waals surface area contributed by atoms with Crippen molar-refractivity contribution >= 4 is 23.5 Å². The van der Waals surface area contributed by atoms with E-state index < -0.39 is 80.3 Å². The Bertz CT molecular complexity index is 1780. The topological polar surface area (TPSA) is 149 Å². The first kappa shape index (κ1) is 38.3. The van der Waals surface area contributed by atoms with E-state index in [1.807, 2.05) is 27.7 Å². The Morgan fingerprint density at radius 3 is 1.66 bits per heavy atom. The molecule has 0 heterocycles. The van der Waals surface area contributed by atoms with Crippen LogP contribution in [0.5, 0.6) is 0 Å². The number of carboxylic acid groups (broad SMARTS) is 2. The van der Waals surface area contributed by atoms with E-state index in [1.165, 1.54) is 24.3 Å². The Morgan fingerprint density at radius 2 is 1.19 bits per heavy atom. The average Bonchev–Trinajstić information content (AvgIpc) is 3.45. The first-order valence-electron chi connectivity index (χ1n) is 19.6. The van der Waals surface area contributed by atoms with E-state index in [1.54, 1.807) is 32.9 Å². The van der Waals surface area contributed by atoms with Crippen LogP contribution < -0.4 is 0 Å². The number of fused-ring (bicyclic) bond motifs is 10. The van der Waals surface area contributed by atoms with Gasteiger partial charge < -0.3 is 20.4 Å². The second kappa shape index (κ2) is 11.8. The molecule has 8 nitrogen and oxygen atoms in total. The Hall–Kier alpha value is -2.98. The summed E-state index contributed by atoms with van der Waals surface area (Å²) in [5.41, 5.74) is -6.52. The number of aliphatic hydroxyl groups is 2. The minimum Gasteiger partial charge on any atom is -0.481 e. The van der Waals surface area contributed by atoms with Gasteiger partial charge in [0.25, 0.3) is 0 Å². The van der Waals surface area contributed by atoms with E-state index in [9.17, 15) is 39.6 Å². The van der Waals surface area contributed by atoms with E-state index in [-0.39, 0.29) is 48.1 Å². The second-order valence-corrected chi connectivity index (χ2v) is 19.3. The number of rotatable bonds is 2. The number of aliphatic carboxylic acids is 2. The lowest BCUT2D eigenvalue weighted by Crippen LogP contribution is -2.67. The smallest absolute Gasteiger partial charge is 0.310 e. The van der Waals surface area contributed by atoms with Crippen LogP contribution in [0.15, 0.2) is 47.6 Å². The Morgan fingerprint density at radius 1 is 0.717 bits per heavy atom. The number of aliphatic hydroxyl groups excluding tert-OH is 2. The molecule has 8 rings (SSSR count). The van der Waals surface area contributed by atoms with Crippen LogP contribution in [0.25, 0.3) is 0 Å². The molecule has 0 radical (unpaired) electrons. The fourth-order valence-corrected chi connectivity index (χ4v) is 14.3. The normalized spacial score (nSPS) is 53.4. The first-order valence-corrected chi connectivity index (χ1v) is 19.6. The van der Waals surface area contributed by atoms with Crippen LogP contribution in [0.2, 0.25) is 0 Å². The van der Waals surface area contributed by atoms with Gasteiger partial charge in [-0.25, -0.2) is 8.78 Å². The molecule has 8 aliphatic carbocycles. The maximum Gasteiger partial charge on any atom is 0.310 e. The molecule has 10 heteroatoms. The summed E-state index contributed by atoms with van der Waals surface area (Å²) < 4.78 is 33.6. The zero-order valence-electron chi connectivity index (χ0n) is 32.0. The van der Waals surface area contributed by atoms with Crippen molar-refractivity contribution in [1.29, 1.82) is 0 Å². The number of hydrogen-bond acceptors (Lipinski definition) is 6. The van der Waals surface area contributed by atoms with Crippen molar-refractivity contribution in [2.75, 3.05) is 0 Å². The first-order chi connectivity index (χ1) is 24.5. The predicted octanol–water partition coefficient (Wildman–Crippen LogP) is 7.00. The van der Waals surface area contributed by atoms with E-state index in [0.29, 0.717) is 38.5 Å². The van der Waals surface area contributed by atoms with Crippen molar-refractivity contribution in [1.82, 2.24) is 0 Å². The lowest BCUT2D eigenvalue weighted by molar-refractivity contribution is -0.209. The number of carbonyl (C=O) groups is 4. The molecule has 290 valence electrons. The standard InChI is InChI=1S/C22H29FO4.C21H27FO4/c1-12-9-16-15-6-5-13-10-14(24)7-8-19(13,2)22(15,23)17(25)11-20(16,3)21(12,4)18(26)27;1-11-8-15-14-5-4-12-9-13(23)6-7-20(12,3)21(14,22)16(24)10-19(15,2)17(11)18(25)26/h7-8,10,12,15-17,25H,5-6,9,11H2,1-4H3,(H,26,27);6-7,9,11,14-17,24H,4-5,8,10H2,1-3H3,(H,25,26)/t12-,15-,16-,17-,19-,20-,21+,22-;11-,14-,15-,16-,17-,19-,20-,21-/m00/s1. The molecule has 0 aromatic carbocycles. The van der Waals surface area contributed by atoms with E-state index in [2.05, 4.69) is 0 Å². The van der Waals surface area contributed by atoms with Gasteiger partial charge in [0.2, 0.25) is 0 Å². The van der Waals surface area contributed by atoms with Gasteiger partial charge in [0.15, 0.2) is 22.9 Å². The summed E-state index contributed by atoms with van der Waals surface area (Å²) in [5.74, 6) is -3.64. The fourth-order valence-electron chi connectivity index (χ4n) is 14.3. The quantitative estimate of drug-likeness (QED) is 0.237. The molecular weight excluding hydrogens is 682 g/mol. The lowest BCUT2D eigenvalue weighted by Gasteiger charge is -2.62. The average molecular weight is 739 g/mol. The van der Waals surface area contributed by atoms with Gasteiger partial charge in [-0.15, -0.1) is 0 Å². The second-order valence-electron chi connectivity index (χ2n) is 19.3. The van der Waals surface area contributed by atoms with Gasteiger partial charge in [-0.05, 0) is 131 Å². The summed E-state index contributed by atoms with van der Waals surface area (Å²) in [4.78, 5) is 47.8. The predicted molar refractivity (Wildman–Crippen MR) is 193 cm³/mol. The summed E-state index contributed by atoms with van der Waals surface area (Å²) >= 11 is 0. The highest BCUT2D eigenvalue weighted by Crippen LogP contribution is 2.73. The number of carboxylic acids is 2. The van der Waals surface area contributed by atoms with Crippen molar-refractivity contribution in [3.8, 4) is 0 Å². The van der Waals surface area contributed by atoms with Crippen molar-refractivity contribution in [2.24, 2.45) is 68.5 Å². The largest absolute Gasteiger partial charge is 0.481 e. The van der Waals surface area contributed by atoms with E-state index in [0.717, 1.165) is 11.1 Å². The molecule has 0 bridgehead atoms. The molecule has 6 saturated carbocycles. The third-order valence-electron chi connectivity index (χ3n) is 17.5. The van der Waals surface area contributed by atoms with Crippen molar-refractivity contribution in [3.63, 3.8) is 0 Å². The molecule has 16 atom stereocenters. The van der Waals surface area contributed by atoms with Crippen molar-refractivity contribution in [2.45, 2.75) is 123 Å². The molecule has 8 aliphatic rings. The van der Waals surface area contributed by atoms with Gasteiger partial charge in [0.05, 0.1) is 23.5 Å². The summed E-state index contributed by atoms with van der Waals surface area (Å²) in [6, 6.07) is 0. The highest BCUT2D eigenvalue weighted by Gasteiger charge is 2.75. The zero-order chi connectivity index (χ0) is 39.1. The van der Waals surface area contributed by atoms with Crippen LogP contribution in [-0.2, 0) is 19.2 Å². The lowest BCUT2D eigenvalue weighted by atomic mass is 9.43. The van der Waals surface area contributed by atoms with Gasteiger partial charge in [0.1, 0.15) is 0 Å². The van der Waals surface area contributed by atoms with E-state index in [4.69, 9.17) is 0 Å². The zero-order valence-corrected chi connectivity index (χ0v) is 32.0. The Balaban J connectivity index is 0.000000164. The molecule has 0 aromatic rings. The third-order valence-corrected chi connectivity index (χ3v) is 17.5. The summed E-state index contributed by atoms with van der Waals surface area (Å²) in [7, 11) is 0. The van der Waals surface area contributed by atoms with Gasteiger partial charge in [0, 0.05) is 22.7 Å². The highest BCUT2D eigenvalue weighted by molar-refractivity contribution is 6.02. The van der Waals surface area contributed by atoms with Crippen molar-refractivity contribution < 1.29 is 48.4 Å². The maximum absolute atomic E-state index is 16.8. The molecule has 0 aromatic heterocycles. The van der Waals surface area contributed by atoms with Gasteiger partial charge in [-0.2, -0.15) is 0 Å². The number of alkyl halides is 2. The number of ketones is 2. The van der Waals surface area contributed by atoms with Crippen molar-refractivity contribution in [3.05, 3.63) is 47.6 Å². The molecule has 0 amide bonds. The maximum atomic E-state index is 16.8. The molecule has 0 aliphatic heterocycles. The van der Waals surface area contributed by atoms with Crippen LogP contribution in [0, 0.1) is 68.5 Å². The Labute approximate surface area is 310 Å². The minimum absolute atomic E-state index is 0.0368.